The number of halogens is 5. The fourth-order valence-corrected chi connectivity index (χ4v) is 1.76. The summed E-state index contributed by atoms with van der Waals surface area (Å²) >= 11 is 0. The highest BCUT2D eigenvalue weighted by molar-refractivity contribution is 5.83. The van der Waals surface area contributed by atoms with Crippen LogP contribution in [0.4, 0.5) is 22.0 Å². The zero-order chi connectivity index (χ0) is 19.3. The average molecular weight is 374 g/mol. The third kappa shape index (κ3) is 4.26. The van der Waals surface area contributed by atoms with Crippen molar-refractivity contribution in [1.82, 2.24) is 5.43 Å². The topological polar surface area (TPSA) is 59.9 Å². The Morgan fingerprint density at radius 1 is 0.962 bits per heavy atom. The Labute approximate surface area is 144 Å². The summed E-state index contributed by atoms with van der Waals surface area (Å²) in [6, 6.07) is 6.25. The molecule has 0 heterocycles. The number of hydrazone groups is 1. The van der Waals surface area contributed by atoms with Gasteiger partial charge in [-0.25, -0.2) is 27.4 Å². The van der Waals surface area contributed by atoms with Gasteiger partial charge in [0, 0.05) is 0 Å². The van der Waals surface area contributed by atoms with E-state index in [-0.39, 0.29) is 0 Å². The number of rotatable bonds is 6. The molecule has 2 aromatic rings. The molecular formula is C16H11F5N2O3. The van der Waals surface area contributed by atoms with Gasteiger partial charge in [-0.2, -0.15) is 5.10 Å². The van der Waals surface area contributed by atoms with Gasteiger partial charge < -0.3 is 9.47 Å². The van der Waals surface area contributed by atoms with E-state index < -0.39 is 47.2 Å². The lowest BCUT2D eigenvalue weighted by molar-refractivity contribution is -0.123. The number of ether oxygens (including phenoxy) is 2. The van der Waals surface area contributed by atoms with Crippen LogP contribution < -0.4 is 14.9 Å². The van der Waals surface area contributed by atoms with Crippen LogP contribution in [-0.4, -0.2) is 25.8 Å². The molecule has 26 heavy (non-hydrogen) atoms. The lowest BCUT2D eigenvalue weighted by Crippen LogP contribution is -2.24. The minimum absolute atomic E-state index is 0.307. The second-order valence-electron chi connectivity index (χ2n) is 4.74. The van der Waals surface area contributed by atoms with E-state index in [4.69, 9.17) is 9.47 Å². The molecule has 0 fully saturated rings. The average Bonchev–Trinajstić information content (AvgIpc) is 2.66. The fraction of sp³-hybridized carbons (Fsp3) is 0.125. The van der Waals surface area contributed by atoms with E-state index in [9.17, 15) is 26.7 Å². The molecule has 0 bridgehead atoms. The maximum absolute atomic E-state index is 13.4. The van der Waals surface area contributed by atoms with Crippen molar-refractivity contribution in [2.45, 2.75) is 0 Å². The van der Waals surface area contributed by atoms with Crippen LogP contribution in [-0.2, 0) is 4.79 Å². The molecule has 0 aliphatic heterocycles. The summed E-state index contributed by atoms with van der Waals surface area (Å²) in [6.45, 7) is -0.499. The predicted molar refractivity (Wildman–Crippen MR) is 80.5 cm³/mol. The molecule has 0 aliphatic carbocycles. The molecule has 0 atom stereocenters. The Hall–Kier alpha value is -3.17. The Bertz CT molecular complexity index is 812. The van der Waals surface area contributed by atoms with Crippen LogP contribution in [0.1, 0.15) is 5.56 Å². The van der Waals surface area contributed by atoms with Gasteiger partial charge in [0.2, 0.25) is 5.82 Å². The number of nitrogens with one attached hydrogen (secondary N) is 1. The summed E-state index contributed by atoms with van der Waals surface area (Å²) < 4.78 is 75.8. The number of carbonyl (C=O) groups excluding carboxylic acids is 1. The molecule has 0 aromatic heterocycles. The maximum Gasteiger partial charge on any atom is 0.277 e. The summed E-state index contributed by atoms with van der Waals surface area (Å²) in [5, 5.41) is 3.15. The van der Waals surface area contributed by atoms with Crippen molar-refractivity contribution < 1.29 is 36.2 Å². The number of hydrogen-bond acceptors (Lipinski definition) is 4. The van der Waals surface area contributed by atoms with Crippen LogP contribution in [0.5, 0.6) is 11.5 Å². The molecule has 0 saturated carbocycles. The molecule has 0 aliphatic rings. The van der Waals surface area contributed by atoms with E-state index in [2.05, 4.69) is 5.10 Å². The first-order chi connectivity index (χ1) is 12.3. The third-order valence-corrected chi connectivity index (χ3v) is 3.06. The number of carbonyl (C=O) groups is 1. The normalized spacial score (nSPS) is 10.8. The number of amides is 1. The van der Waals surface area contributed by atoms with Gasteiger partial charge in [-0.15, -0.1) is 0 Å². The van der Waals surface area contributed by atoms with E-state index in [0.29, 0.717) is 17.7 Å². The van der Waals surface area contributed by atoms with Crippen LogP contribution in [0, 0.1) is 29.1 Å². The molecule has 2 aromatic carbocycles. The first-order valence-electron chi connectivity index (χ1n) is 6.95. The quantitative estimate of drug-likeness (QED) is 0.278. The van der Waals surface area contributed by atoms with Gasteiger partial charge in [-0.3, -0.25) is 4.79 Å². The van der Waals surface area contributed by atoms with Crippen molar-refractivity contribution in [2.75, 3.05) is 13.7 Å². The number of methoxy groups -OCH3 is 1. The largest absolute Gasteiger partial charge is 0.497 e. The number of nitrogens with zero attached hydrogens (tertiary/aromatic N) is 1. The second-order valence-corrected chi connectivity index (χ2v) is 4.74. The van der Waals surface area contributed by atoms with Crippen molar-refractivity contribution >= 4 is 12.1 Å². The predicted octanol–water partition coefficient (Wildman–Crippen LogP) is 2.92. The second kappa shape index (κ2) is 8.28. The Balaban J connectivity index is 1.97. The number of benzene rings is 2. The molecule has 0 spiro atoms. The molecule has 0 saturated heterocycles. The van der Waals surface area contributed by atoms with Gasteiger partial charge in [0.1, 0.15) is 11.5 Å². The minimum Gasteiger partial charge on any atom is -0.497 e. The first-order valence-corrected chi connectivity index (χ1v) is 6.95. The summed E-state index contributed by atoms with van der Waals surface area (Å²) in [5.41, 5.74) is 0.561. The summed E-state index contributed by atoms with van der Waals surface area (Å²) in [4.78, 5) is 11.5. The lowest BCUT2D eigenvalue weighted by Gasteiger charge is -2.06. The Kier molecular flexibility index (Phi) is 6.10. The molecule has 1 amide bonds. The van der Waals surface area contributed by atoms with Crippen molar-refractivity contribution in [3.05, 3.63) is 58.9 Å². The highest BCUT2D eigenvalue weighted by atomic mass is 19.2. The van der Waals surface area contributed by atoms with Gasteiger partial charge in [0.15, 0.2) is 29.9 Å². The smallest absolute Gasteiger partial charge is 0.277 e. The lowest BCUT2D eigenvalue weighted by atomic mass is 10.2. The number of hydrogen-bond donors (Lipinski definition) is 1. The van der Waals surface area contributed by atoms with Crippen LogP contribution in [0.2, 0.25) is 0 Å². The minimum atomic E-state index is -2.28. The third-order valence-electron chi connectivity index (χ3n) is 3.06. The van der Waals surface area contributed by atoms with Crippen molar-refractivity contribution in [3.63, 3.8) is 0 Å². The zero-order valence-electron chi connectivity index (χ0n) is 13.2. The highest BCUT2D eigenvalue weighted by Crippen LogP contribution is 2.21. The summed E-state index contributed by atoms with van der Waals surface area (Å²) in [5.74, 6) is -10.5. The summed E-state index contributed by atoms with van der Waals surface area (Å²) in [7, 11) is 1.48. The van der Waals surface area contributed by atoms with Crippen molar-refractivity contribution in [3.8, 4) is 11.5 Å². The summed E-state index contributed by atoms with van der Waals surface area (Å²) in [6.07, 6.45) is 0.307. The van der Waals surface area contributed by atoms with Crippen LogP contribution in [0.15, 0.2) is 29.4 Å². The van der Waals surface area contributed by atoms with Crippen LogP contribution in [0.3, 0.4) is 0 Å². The molecule has 0 radical (unpaired) electrons. The highest BCUT2D eigenvalue weighted by Gasteiger charge is 2.24. The SMILES string of the molecule is COc1ccc(OCC(=O)N/N=C\c2c(F)c(F)c(F)c(F)c2F)cc1. The van der Waals surface area contributed by atoms with Crippen LogP contribution >= 0.6 is 0 Å². The van der Waals surface area contributed by atoms with Crippen molar-refractivity contribution in [1.29, 1.82) is 0 Å². The van der Waals surface area contributed by atoms with E-state index in [1.807, 2.05) is 5.43 Å². The zero-order valence-corrected chi connectivity index (χ0v) is 13.2. The van der Waals surface area contributed by atoms with Gasteiger partial charge in [0.25, 0.3) is 5.91 Å². The molecule has 2 rings (SSSR count). The van der Waals surface area contributed by atoms with E-state index in [0.717, 1.165) is 0 Å². The van der Waals surface area contributed by atoms with Gasteiger partial charge in [0.05, 0.1) is 18.9 Å². The van der Waals surface area contributed by atoms with Crippen LogP contribution in [0.25, 0.3) is 0 Å². The Morgan fingerprint density at radius 3 is 2.00 bits per heavy atom. The molecule has 0 unspecified atom stereocenters. The molecule has 10 heteroatoms. The fourth-order valence-electron chi connectivity index (χ4n) is 1.76. The first kappa shape index (κ1) is 19.2. The molecule has 1 N–H and O–H groups in total. The van der Waals surface area contributed by atoms with Gasteiger partial charge in [-0.1, -0.05) is 0 Å². The molecule has 5 nitrogen and oxygen atoms in total. The van der Waals surface area contributed by atoms with E-state index >= 15 is 0 Å². The van der Waals surface area contributed by atoms with E-state index in [1.165, 1.54) is 19.2 Å². The monoisotopic (exact) mass is 374 g/mol. The maximum atomic E-state index is 13.4. The standard InChI is InChI=1S/C16H11F5N2O3/c1-25-8-2-4-9(5-3-8)26-7-11(24)23-22-6-10-12(17)14(19)16(21)15(20)13(10)18/h2-6H,7H2,1H3,(H,23,24)/b22-6-. The van der Waals surface area contributed by atoms with Gasteiger partial charge >= 0.3 is 0 Å². The van der Waals surface area contributed by atoms with Gasteiger partial charge in [-0.05, 0) is 24.3 Å². The Morgan fingerprint density at radius 2 is 1.46 bits per heavy atom. The van der Waals surface area contributed by atoms with E-state index in [1.54, 1.807) is 12.1 Å². The van der Waals surface area contributed by atoms with Crippen molar-refractivity contribution in [2.24, 2.45) is 5.10 Å². The molecule has 138 valence electrons. The molecular weight excluding hydrogens is 363 g/mol.